The van der Waals surface area contributed by atoms with Gasteiger partial charge < -0.3 is 14.7 Å². The molecule has 2 aliphatic rings. The number of nitrogens with zero attached hydrogens (tertiary/aromatic N) is 1. The fourth-order valence-corrected chi connectivity index (χ4v) is 2.19. The average molecular weight is 237 g/mol. The molecular weight excluding hydrogens is 225 g/mol. The maximum Gasteiger partial charge on any atom is 0.264 e. The van der Waals surface area contributed by atoms with Crippen molar-refractivity contribution < 1.29 is 19.0 Å². The summed E-state index contributed by atoms with van der Waals surface area (Å²) in [6, 6.07) is 4.26. The minimum Gasteiger partial charge on any atom is -0.480 e. The first-order valence-electron chi connectivity index (χ1n) is 5.55. The van der Waals surface area contributed by atoms with Gasteiger partial charge in [0.15, 0.2) is 6.10 Å². The van der Waals surface area contributed by atoms with Crippen LogP contribution in [-0.4, -0.2) is 41.2 Å². The molecule has 0 aromatic heterocycles. The van der Waals surface area contributed by atoms with Crippen LogP contribution in [0.25, 0.3) is 0 Å². The molecule has 1 amide bonds. The SMILES string of the molecule is O=C(C1Cc2cc(F)ccc2O1)N1CC(O)C1. The van der Waals surface area contributed by atoms with Crippen molar-refractivity contribution in [1.82, 2.24) is 4.90 Å². The Balaban J connectivity index is 1.71. The average Bonchev–Trinajstić information content (AvgIpc) is 2.66. The summed E-state index contributed by atoms with van der Waals surface area (Å²) < 4.78 is 18.5. The summed E-state index contributed by atoms with van der Waals surface area (Å²) in [5.41, 5.74) is 0.726. The second-order valence-electron chi connectivity index (χ2n) is 4.46. The standard InChI is InChI=1S/C12H12FNO3/c13-8-1-2-10-7(3-8)4-11(17-10)12(16)14-5-9(15)6-14/h1-3,9,11,15H,4-6H2. The molecule has 5 heteroatoms. The minimum atomic E-state index is -0.570. The molecule has 1 unspecified atom stereocenters. The lowest BCUT2D eigenvalue weighted by atomic mass is 10.1. The summed E-state index contributed by atoms with van der Waals surface area (Å²) in [5, 5.41) is 9.14. The molecule has 2 heterocycles. The fraction of sp³-hybridized carbons (Fsp3) is 0.417. The predicted molar refractivity (Wildman–Crippen MR) is 57.1 cm³/mol. The van der Waals surface area contributed by atoms with Crippen LogP contribution in [0.15, 0.2) is 18.2 Å². The molecule has 2 aliphatic heterocycles. The molecular formula is C12H12FNO3. The number of carbonyl (C=O) groups is 1. The van der Waals surface area contributed by atoms with Gasteiger partial charge in [-0.1, -0.05) is 0 Å². The zero-order valence-electron chi connectivity index (χ0n) is 9.10. The van der Waals surface area contributed by atoms with Gasteiger partial charge in [-0.2, -0.15) is 0 Å². The second-order valence-corrected chi connectivity index (χ2v) is 4.46. The largest absolute Gasteiger partial charge is 0.480 e. The highest BCUT2D eigenvalue weighted by molar-refractivity contribution is 5.83. The zero-order valence-corrected chi connectivity index (χ0v) is 9.10. The Hall–Kier alpha value is -1.62. The highest BCUT2D eigenvalue weighted by Gasteiger charge is 2.37. The molecule has 0 spiro atoms. The van der Waals surface area contributed by atoms with Gasteiger partial charge in [0.05, 0.1) is 6.10 Å². The van der Waals surface area contributed by atoms with Gasteiger partial charge in [-0.15, -0.1) is 0 Å². The molecule has 1 saturated heterocycles. The van der Waals surface area contributed by atoms with Crippen molar-refractivity contribution in [2.75, 3.05) is 13.1 Å². The Morgan fingerprint density at radius 2 is 2.24 bits per heavy atom. The van der Waals surface area contributed by atoms with Crippen molar-refractivity contribution in [3.8, 4) is 5.75 Å². The van der Waals surface area contributed by atoms with E-state index in [0.29, 0.717) is 25.3 Å². The fourth-order valence-electron chi connectivity index (χ4n) is 2.19. The summed E-state index contributed by atoms with van der Waals surface area (Å²) in [4.78, 5) is 13.5. The minimum absolute atomic E-state index is 0.132. The molecule has 1 aromatic rings. The summed E-state index contributed by atoms with van der Waals surface area (Å²) >= 11 is 0. The second kappa shape index (κ2) is 3.70. The molecule has 3 rings (SSSR count). The van der Waals surface area contributed by atoms with Crippen LogP contribution in [0.4, 0.5) is 4.39 Å². The Kier molecular flexibility index (Phi) is 2.29. The highest BCUT2D eigenvalue weighted by Crippen LogP contribution is 2.30. The van der Waals surface area contributed by atoms with Gasteiger partial charge >= 0.3 is 0 Å². The summed E-state index contributed by atoms with van der Waals surface area (Å²) in [7, 11) is 0. The number of hydrogen-bond donors (Lipinski definition) is 1. The number of aliphatic hydroxyl groups is 1. The number of amides is 1. The van der Waals surface area contributed by atoms with Crippen molar-refractivity contribution in [3.05, 3.63) is 29.6 Å². The summed E-state index contributed by atoms with van der Waals surface area (Å²) in [6.45, 7) is 0.729. The molecule has 0 saturated carbocycles. The quantitative estimate of drug-likeness (QED) is 0.766. The van der Waals surface area contributed by atoms with Crippen LogP contribution in [0.1, 0.15) is 5.56 Å². The lowest BCUT2D eigenvalue weighted by Gasteiger charge is -2.37. The number of likely N-dealkylation sites (tertiary alicyclic amines) is 1. The monoisotopic (exact) mass is 237 g/mol. The maximum absolute atomic E-state index is 13.0. The smallest absolute Gasteiger partial charge is 0.264 e. The molecule has 4 nitrogen and oxygen atoms in total. The van der Waals surface area contributed by atoms with E-state index >= 15 is 0 Å². The van der Waals surface area contributed by atoms with Crippen LogP contribution >= 0.6 is 0 Å². The van der Waals surface area contributed by atoms with E-state index in [1.165, 1.54) is 12.1 Å². The number of hydrogen-bond acceptors (Lipinski definition) is 3. The topological polar surface area (TPSA) is 49.8 Å². The first-order valence-corrected chi connectivity index (χ1v) is 5.55. The van der Waals surface area contributed by atoms with E-state index in [4.69, 9.17) is 9.84 Å². The van der Waals surface area contributed by atoms with E-state index in [1.807, 2.05) is 0 Å². The van der Waals surface area contributed by atoms with E-state index in [1.54, 1.807) is 11.0 Å². The lowest BCUT2D eigenvalue weighted by molar-refractivity contribution is -0.148. The van der Waals surface area contributed by atoms with Crippen molar-refractivity contribution in [2.45, 2.75) is 18.6 Å². The number of benzene rings is 1. The number of ether oxygens (including phenoxy) is 1. The van der Waals surface area contributed by atoms with Crippen molar-refractivity contribution in [3.63, 3.8) is 0 Å². The molecule has 0 bridgehead atoms. The number of aliphatic hydroxyl groups excluding tert-OH is 1. The molecule has 0 radical (unpaired) electrons. The molecule has 90 valence electrons. The molecule has 17 heavy (non-hydrogen) atoms. The van der Waals surface area contributed by atoms with Crippen LogP contribution in [-0.2, 0) is 11.2 Å². The van der Waals surface area contributed by atoms with Gasteiger partial charge in [0, 0.05) is 25.1 Å². The first kappa shape index (κ1) is 10.5. The maximum atomic E-state index is 13.0. The third-order valence-corrected chi connectivity index (χ3v) is 3.15. The Morgan fingerprint density at radius 1 is 1.47 bits per heavy atom. The van der Waals surface area contributed by atoms with Crippen molar-refractivity contribution in [1.29, 1.82) is 0 Å². The molecule has 1 atom stereocenters. The Morgan fingerprint density at radius 3 is 2.94 bits per heavy atom. The van der Waals surface area contributed by atoms with E-state index in [-0.39, 0.29) is 11.7 Å². The van der Waals surface area contributed by atoms with Crippen molar-refractivity contribution in [2.24, 2.45) is 0 Å². The molecule has 1 fully saturated rings. The highest BCUT2D eigenvalue weighted by atomic mass is 19.1. The molecule has 0 aliphatic carbocycles. The van der Waals surface area contributed by atoms with Gasteiger partial charge in [0.1, 0.15) is 11.6 Å². The predicted octanol–water partition coefficient (Wildman–Crippen LogP) is 0.332. The number of rotatable bonds is 1. The first-order chi connectivity index (χ1) is 8.13. The van der Waals surface area contributed by atoms with Crippen LogP contribution in [0.2, 0.25) is 0 Å². The number of carbonyl (C=O) groups excluding carboxylic acids is 1. The number of halogens is 1. The van der Waals surface area contributed by atoms with Gasteiger partial charge in [-0.25, -0.2) is 4.39 Å². The third-order valence-electron chi connectivity index (χ3n) is 3.15. The molecule has 1 N–H and O–H groups in total. The Bertz CT molecular complexity index is 471. The lowest BCUT2D eigenvalue weighted by Crippen LogP contribution is -2.57. The van der Waals surface area contributed by atoms with E-state index in [2.05, 4.69) is 0 Å². The van der Waals surface area contributed by atoms with E-state index in [0.717, 1.165) is 5.56 Å². The summed E-state index contributed by atoms with van der Waals surface area (Å²) in [5.74, 6) is 0.123. The van der Waals surface area contributed by atoms with Gasteiger partial charge in [0.2, 0.25) is 0 Å². The van der Waals surface area contributed by atoms with Crippen LogP contribution < -0.4 is 4.74 Å². The Labute approximate surface area is 97.6 Å². The van der Waals surface area contributed by atoms with Crippen LogP contribution in [0, 0.1) is 5.82 Å². The number of fused-ring (bicyclic) bond motifs is 1. The van der Waals surface area contributed by atoms with Crippen LogP contribution in [0.5, 0.6) is 5.75 Å². The van der Waals surface area contributed by atoms with E-state index in [9.17, 15) is 9.18 Å². The van der Waals surface area contributed by atoms with E-state index < -0.39 is 12.2 Å². The normalized spacial score (nSPS) is 22.9. The number of β-amino-alcohol motifs (C(OH)–C–C–N with tert-alkyl or cyclic N) is 1. The summed E-state index contributed by atoms with van der Waals surface area (Å²) in [6.07, 6.45) is -0.585. The molecule has 1 aromatic carbocycles. The van der Waals surface area contributed by atoms with Gasteiger partial charge in [-0.05, 0) is 18.2 Å². The van der Waals surface area contributed by atoms with Gasteiger partial charge in [-0.3, -0.25) is 4.79 Å². The van der Waals surface area contributed by atoms with Gasteiger partial charge in [0.25, 0.3) is 5.91 Å². The zero-order chi connectivity index (χ0) is 12.0. The third kappa shape index (κ3) is 1.76. The van der Waals surface area contributed by atoms with Crippen molar-refractivity contribution >= 4 is 5.91 Å². The van der Waals surface area contributed by atoms with Crippen LogP contribution in [0.3, 0.4) is 0 Å².